The zero-order valence-corrected chi connectivity index (χ0v) is 11.4. The van der Waals surface area contributed by atoms with Crippen molar-refractivity contribution in [3.8, 4) is 0 Å². The molecule has 0 aliphatic carbocycles. The Morgan fingerprint density at radius 3 is 2.29 bits per heavy atom. The summed E-state index contributed by atoms with van der Waals surface area (Å²) in [6, 6.07) is 3.05. The van der Waals surface area contributed by atoms with E-state index in [0.717, 1.165) is 12.1 Å². The van der Waals surface area contributed by atoms with Crippen LogP contribution >= 0.6 is 0 Å². The number of nitrogens with zero attached hydrogens (tertiary/aromatic N) is 2. The molecule has 0 bridgehead atoms. The largest absolute Gasteiger partial charge is 0.309 e. The van der Waals surface area contributed by atoms with Gasteiger partial charge in [0.25, 0.3) is 0 Å². The minimum absolute atomic E-state index is 0.663. The molecule has 0 spiro atoms. The van der Waals surface area contributed by atoms with Crippen LogP contribution in [0.2, 0.25) is 0 Å². The Kier molecular flexibility index (Phi) is 3.42. The van der Waals surface area contributed by atoms with Gasteiger partial charge in [-0.1, -0.05) is 6.42 Å². The summed E-state index contributed by atoms with van der Waals surface area (Å²) in [4.78, 5) is 5.54. The van der Waals surface area contributed by atoms with Gasteiger partial charge in [0.05, 0.1) is 0 Å². The van der Waals surface area contributed by atoms with Crippen LogP contribution in [0.5, 0.6) is 0 Å². The Morgan fingerprint density at radius 2 is 1.53 bits per heavy atom. The van der Waals surface area contributed by atoms with E-state index in [9.17, 15) is 0 Å². The van der Waals surface area contributed by atoms with E-state index in [4.69, 9.17) is 0 Å². The molecule has 4 atom stereocenters. The van der Waals surface area contributed by atoms with E-state index in [2.05, 4.69) is 29.0 Å². The van der Waals surface area contributed by atoms with E-state index < -0.39 is 0 Å². The molecule has 0 aromatic heterocycles. The quantitative estimate of drug-likeness (QED) is 0.741. The van der Waals surface area contributed by atoms with Crippen LogP contribution in [0.3, 0.4) is 0 Å². The monoisotopic (exact) mass is 237 g/mol. The summed E-state index contributed by atoms with van der Waals surface area (Å²) in [7, 11) is 0. The second-order valence-corrected chi connectivity index (χ2v) is 6.38. The van der Waals surface area contributed by atoms with Gasteiger partial charge in [-0.2, -0.15) is 0 Å². The van der Waals surface area contributed by atoms with E-state index in [1.54, 1.807) is 0 Å². The highest BCUT2D eigenvalue weighted by atomic mass is 15.3. The number of nitrogens with one attached hydrogen (secondary N) is 1. The van der Waals surface area contributed by atoms with Gasteiger partial charge in [-0.15, -0.1) is 0 Å². The maximum atomic E-state index is 3.65. The van der Waals surface area contributed by atoms with Crippen LogP contribution in [0.4, 0.5) is 0 Å². The molecule has 3 aliphatic rings. The Balaban J connectivity index is 1.67. The molecule has 3 heteroatoms. The normalized spacial score (nSPS) is 44.8. The maximum absolute atomic E-state index is 3.65. The van der Waals surface area contributed by atoms with Crippen LogP contribution in [0.1, 0.15) is 39.5 Å². The molecule has 0 aromatic carbocycles. The topological polar surface area (TPSA) is 18.5 Å². The number of rotatable bonds is 1. The molecule has 0 aromatic rings. The molecule has 3 aliphatic heterocycles. The second kappa shape index (κ2) is 4.87. The van der Waals surface area contributed by atoms with E-state index in [-0.39, 0.29) is 0 Å². The lowest BCUT2D eigenvalue weighted by atomic mass is 9.96. The summed E-state index contributed by atoms with van der Waals surface area (Å²) in [5, 5.41) is 3.65. The highest BCUT2D eigenvalue weighted by Crippen LogP contribution is 2.31. The Morgan fingerprint density at radius 1 is 0.824 bits per heavy atom. The fourth-order valence-electron chi connectivity index (χ4n) is 4.29. The number of hydrogen-bond acceptors (Lipinski definition) is 3. The first-order valence-electron chi connectivity index (χ1n) is 7.48. The number of fused-ring (bicyclic) bond motifs is 1. The van der Waals surface area contributed by atoms with E-state index >= 15 is 0 Å². The van der Waals surface area contributed by atoms with Gasteiger partial charge in [-0.05, 0) is 39.7 Å². The van der Waals surface area contributed by atoms with Crippen molar-refractivity contribution in [2.45, 2.75) is 63.7 Å². The zero-order chi connectivity index (χ0) is 11.8. The van der Waals surface area contributed by atoms with Crippen molar-refractivity contribution >= 4 is 0 Å². The number of piperidine rings is 1. The van der Waals surface area contributed by atoms with Crippen LogP contribution in [-0.4, -0.2) is 60.1 Å². The molecule has 3 fully saturated rings. The average molecular weight is 237 g/mol. The molecule has 3 heterocycles. The zero-order valence-electron chi connectivity index (χ0n) is 11.4. The number of hydrogen-bond donors (Lipinski definition) is 1. The molecule has 4 unspecified atom stereocenters. The Hall–Kier alpha value is -0.120. The lowest BCUT2D eigenvalue weighted by molar-refractivity contribution is 0.0788. The van der Waals surface area contributed by atoms with Gasteiger partial charge in [-0.3, -0.25) is 9.80 Å². The smallest absolute Gasteiger partial charge is 0.0265 e. The van der Waals surface area contributed by atoms with Gasteiger partial charge < -0.3 is 5.32 Å². The molecule has 3 nitrogen and oxygen atoms in total. The third-order valence-corrected chi connectivity index (χ3v) is 4.88. The van der Waals surface area contributed by atoms with Crippen molar-refractivity contribution in [2.24, 2.45) is 0 Å². The van der Waals surface area contributed by atoms with E-state index in [1.165, 1.54) is 51.9 Å². The molecule has 3 rings (SSSR count). The van der Waals surface area contributed by atoms with Gasteiger partial charge in [0.15, 0.2) is 0 Å². The van der Waals surface area contributed by atoms with Crippen LogP contribution < -0.4 is 5.32 Å². The van der Waals surface area contributed by atoms with Crippen LogP contribution in [0.25, 0.3) is 0 Å². The molecule has 3 saturated heterocycles. The highest BCUT2D eigenvalue weighted by molar-refractivity contribution is 4.98. The summed E-state index contributed by atoms with van der Waals surface area (Å²) in [5.74, 6) is 0. The highest BCUT2D eigenvalue weighted by Gasteiger charge is 2.40. The van der Waals surface area contributed by atoms with Gasteiger partial charge in [-0.25, -0.2) is 0 Å². The molecule has 98 valence electrons. The summed E-state index contributed by atoms with van der Waals surface area (Å²) in [6.07, 6.45) is 5.73. The number of piperazine rings is 1. The van der Waals surface area contributed by atoms with Crippen LogP contribution in [-0.2, 0) is 0 Å². The average Bonchev–Trinajstić information content (AvgIpc) is 2.71. The van der Waals surface area contributed by atoms with Gasteiger partial charge in [0.1, 0.15) is 0 Å². The second-order valence-electron chi connectivity index (χ2n) is 6.38. The first-order chi connectivity index (χ1) is 8.24. The summed E-state index contributed by atoms with van der Waals surface area (Å²) < 4.78 is 0. The fraction of sp³-hybridized carbons (Fsp3) is 1.00. The van der Waals surface area contributed by atoms with Crippen molar-refractivity contribution in [1.29, 1.82) is 0 Å². The van der Waals surface area contributed by atoms with Crippen LogP contribution in [0.15, 0.2) is 0 Å². The van der Waals surface area contributed by atoms with Crippen molar-refractivity contribution in [3.63, 3.8) is 0 Å². The molecule has 0 amide bonds. The standard InChI is InChI=1S/C14H27N3/c1-11-9-17(10-12(2)15-11)14-6-8-16-7-4-3-5-13(14)16/h11-15H,3-10H2,1-2H3. The summed E-state index contributed by atoms with van der Waals surface area (Å²) >= 11 is 0. The SMILES string of the molecule is CC1CN(C2CCN3CCCCC23)CC(C)N1. The summed E-state index contributed by atoms with van der Waals surface area (Å²) in [5.41, 5.74) is 0. The fourth-order valence-corrected chi connectivity index (χ4v) is 4.29. The third kappa shape index (κ3) is 2.38. The first kappa shape index (κ1) is 11.9. The van der Waals surface area contributed by atoms with Crippen molar-refractivity contribution in [3.05, 3.63) is 0 Å². The molecule has 0 saturated carbocycles. The molecule has 17 heavy (non-hydrogen) atoms. The lowest BCUT2D eigenvalue weighted by Gasteiger charge is -2.43. The van der Waals surface area contributed by atoms with Gasteiger partial charge in [0.2, 0.25) is 0 Å². The molecule has 1 N–H and O–H groups in total. The van der Waals surface area contributed by atoms with E-state index in [0.29, 0.717) is 12.1 Å². The minimum atomic E-state index is 0.663. The summed E-state index contributed by atoms with van der Waals surface area (Å²) in [6.45, 7) is 9.87. The predicted octanol–water partition coefficient (Wildman–Crippen LogP) is 1.30. The predicted molar refractivity (Wildman–Crippen MR) is 71.2 cm³/mol. The molecular formula is C14H27N3. The van der Waals surface area contributed by atoms with Crippen molar-refractivity contribution < 1.29 is 0 Å². The van der Waals surface area contributed by atoms with Crippen molar-refractivity contribution in [2.75, 3.05) is 26.2 Å². The van der Waals surface area contributed by atoms with E-state index in [1.807, 2.05) is 0 Å². The first-order valence-corrected chi connectivity index (χ1v) is 7.48. The molecule has 0 radical (unpaired) electrons. The van der Waals surface area contributed by atoms with Gasteiger partial charge in [0, 0.05) is 43.8 Å². The van der Waals surface area contributed by atoms with Crippen LogP contribution in [0, 0.1) is 0 Å². The lowest BCUT2D eigenvalue weighted by Crippen LogP contribution is -2.59. The Bertz CT molecular complexity index is 258. The van der Waals surface area contributed by atoms with Gasteiger partial charge >= 0.3 is 0 Å². The Labute approximate surface area is 106 Å². The molecular weight excluding hydrogens is 210 g/mol. The maximum Gasteiger partial charge on any atom is 0.0265 e. The minimum Gasteiger partial charge on any atom is -0.309 e. The third-order valence-electron chi connectivity index (χ3n) is 4.88. The van der Waals surface area contributed by atoms with Crippen molar-refractivity contribution in [1.82, 2.24) is 15.1 Å².